The molecule has 4 heterocycles. The van der Waals surface area contributed by atoms with Gasteiger partial charge in [-0.3, -0.25) is 0 Å². The minimum absolute atomic E-state index is 0.163. The van der Waals surface area contributed by atoms with Crippen molar-refractivity contribution in [2.75, 3.05) is 24.7 Å². The number of aromatic nitrogens is 2. The molecule has 1 aliphatic heterocycles. The van der Waals surface area contributed by atoms with E-state index >= 15 is 0 Å². The zero-order valence-corrected chi connectivity index (χ0v) is 19.4. The van der Waals surface area contributed by atoms with Gasteiger partial charge in [-0.25, -0.2) is 22.7 Å². The fourth-order valence-corrected chi connectivity index (χ4v) is 6.40. The Kier molecular flexibility index (Phi) is 5.51. The van der Waals surface area contributed by atoms with Crippen LogP contribution >= 0.6 is 22.7 Å². The largest absolute Gasteiger partial charge is 0.367 e. The third kappa shape index (κ3) is 4.23. The van der Waals surface area contributed by atoms with E-state index in [9.17, 15) is 8.42 Å². The number of thiophene rings is 2. The summed E-state index contributed by atoms with van der Waals surface area (Å²) in [6.45, 7) is 1.05. The molecule has 0 atom stereocenters. The molecule has 31 heavy (non-hydrogen) atoms. The fraction of sp³-hybridized carbons (Fsp3) is 0.273. The molecule has 1 saturated heterocycles. The highest BCUT2D eigenvalue weighted by atomic mass is 32.2. The van der Waals surface area contributed by atoms with E-state index < -0.39 is 10.0 Å². The number of sulfonamides is 1. The minimum Gasteiger partial charge on any atom is -0.367 e. The molecular weight excluding hydrogens is 448 g/mol. The lowest BCUT2D eigenvalue weighted by Gasteiger charge is -2.31. The number of benzene rings is 1. The summed E-state index contributed by atoms with van der Waals surface area (Å²) in [7, 11) is -3.14. The van der Waals surface area contributed by atoms with Crippen LogP contribution in [0.15, 0.2) is 53.2 Å². The molecule has 3 aromatic heterocycles. The van der Waals surface area contributed by atoms with Crippen LogP contribution in [0.1, 0.15) is 12.8 Å². The Morgan fingerprint density at radius 1 is 1.03 bits per heavy atom. The van der Waals surface area contributed by atoms with Crippen molar-refractivity contribution in [1.82, 2.24) is 14.3 Å². The number of rotatable bonds is 5. The lowest BCUT2D eigenvalue weighted by Crippen LogP contribution is -2.41. The molecule has 0 radical (unpaired) electrons. The Bertz CT molecular complexity index is 1290. The lowest BCUT2D eigenvalue weighted by atomic mass is 10.0. The summed E-state index contributed by atoms with van der Waals surface area (Å²) in [4.78, 5) is 11.8. The predicted octanol–water partition coefficient (Wildman–Crippen LogP) is 4.92. The average Bonchev–Trinajstić information content (AvgIpc) is 3.44. The van der Waals surface area contributed by atoms with E-state index in [0.29, 0.717) is 13.1 Å². The van der Waals surface area contributed by atoms with E-state index in [-0.39, 0.29) is 6.04 Å². The molecule has 0 aliphatic carbocycles. The first kappa shape index (κ1) is 20.6. The molecule has 1 fully saturated rings. The second-order valence-corrected chi connectivity index (χ2v) is 11.4. The first-order valence-electron chi connectivity index (χ1n) is 10.1. The van der Waals surface area contributed by atoms with Crippen LogP contribution in [-0.2, 0) is 10.0 Å². The van der Waals surface area contributed by atoms with Crippen LogP contribution in [-0.4, -0.2) is 48.1 Å². The van der Waals surface area contributed by atoms with Gasteiger partial charge in [0, 0.05) is 30.1 Å². The maximum atomic E-state index is 11.9. The summed E-state index contributed by atoms with van der Waals surface area (Å²) < 4.78 is 25.3. The quantitative estimate of drug-likeness (QED) is 0.448. The monoisotopic (exact) mass is 470 g/mol. The van der Waals surface area contributed by atoms with Gasteiger partial charge in [0.05, 0.1) is 16.5 Å². The van der Waals surface area contributed by atoms with Crippen molar-refractivity contribution in [3.63, 3.8) is 0 Å². The molecule has 0 saturated carbocycles. The predicted molar refractivity (Wildman–Crippen MR) is 129 cm³/mol. The molecule has 9 heteroatoms. The van der Waals surface area contributed by atoms with Gasteiger partial charge in [0.25, 0.3) is 0 Å². The zero-order valence-electron chi connectivity index (χ0n) is 17.0. The summed E-state index contributed by atoms with van der Waals surface area (Å²) in [6, 6.07) is 14.5. The molecular formula is C22H22N4O2S3. The van der Waals surface area contributed by atoms with Gasteiger partial charge in [-0.1, -0.05) is 36.4 Å². The number of piperidine rings is 1. The molecule has 0 bridgehead atoms. The van der Waals surface area contributed by atoms with E-state index in [1.54, 1.807) is 27.0 Å². The van der Waals surface area contributed by atoms with Gasteiger partial charge in [-0.15, -0.1) is 22.7 Å². The SMILES string of the molecule is CS(=O)(=O)N1CCC(Nc2nc(-c3cccs3)nc3scc(-c4ccccc4)c23)CC1. The summed E-state index contributed by atoms with van der Waals surface area (Å²) in [5.74, 6) is 1.55. The van der Waals surface area contributed by atoms with E-state index in [4.69, 9.17) is 9.97 Å². The number of hydrogen-bond acceptors (Lipinski definition) is 7. The van der Waals surface area contributed by atoms with E-state index in [1.807, 2.05) is 35.7 Å². The Labute approximate surface area is 189 Å². The molecule has 160 valence electrons. The fourth-order valence-electron chi connectivity index (χ4n) is 3.92. The first-order chi connectivity index (χ1) is 15.0. The van der Waals surface area contributed by atoms with Gasteiger partial charge in [0.15, 0.2) is 5.82 Å². The standard InChI is InChI=1S/C22H22N4O2S3/c1-31(27,28)26-11-9-16(10-12-26)23-21-19-17(15-6-3-2-4-7-15)14-30-22(19)25-20(24-21)18-8-5-13-29-18/h2-8,13-14,16H,9-12H2,1H3,(H,23,24,25). The maximum absolute atomic E-state index is 11.9. The Hall–Kier alpha value is -2.33. The Balaban J connectivity index is 1.54. The van der Waals surface area contributed by atoms with Crippen LogP contribution < -0.4 is 5.32 Å². The van der Waals surface area contributed by atoms with Crippen LogP contribution in [0.5, 0.6) is 0 Å². The summed E-state index contributed by atoms with van der Waals surface area (Å²) >= 11 is 3.25. The summed E-state index contributed by atoms with van der Waals surface area (Å²) in [5.41, 5.74) is 2.26. The van der Waals surface area contributed by atoms with Gasteiger partial charge >= 0.3 is 0 Å². The molecule has 6 nitrogen and oxygen atoms in total. The van der Waals surface area contributed by atoms with Crippen molar-refractivity contribution >= 4 is 48.7 Å². The lowest BCUT2D eigenvalue weighted by molar-refractivity contribution is 0.331. The van der Waals surface area contributed by atoms with Crippen LogP contribution in [0.4, 0.5) is 5.82 Å². The maximum Gasteiger partial charge on any atom is 0.211 e. The molecule has 1 aromatic carbocycles. The summed E-state index contributed by atoms with van der Waals surface area (Å²) in [6.07, 6.45) is 2.77. The van der Waals surface area contributed by atoms with Crippen molar-refractivity contribution in [2.24, 2.45) is 0 Å². The van der Waals surface area contributed by atoms with E-state index in [0.717, 1.165) is 50.7 Å². The number of fused-ring (bicyclic) bond motifs is 1. The number of anilines is 1. The molecule has 0 unspecified atom stereocenters. The van der Waals surface area contributed by atoms with Gasteiger partial charge in [0.1, 0.15) is 10.6 Å². The number of nitrogens with one attached hydrogen (secondary N) is 1. The average molecular weight is 471 g/mol. The van der Waals surface area contributed by atoms with Crippen LogP contribution in [0.2, 0.25) is 0 Å². The minimum atomic E-state index is -3.14. The van der Waals surface area contributed by atoms with Crippen molar-refractivity contribution < 1.29 is 8.42 Å². The van der Waals surface area contributed by atoms with Crippen LogP contribution in [0.25, 0.3) is 32.0 Å². The van der Waals surface area contributed by atoms with Crippen molar-refractivity contribution in [3.8, 4) is 21.8 Å². The number of nitrogens with zero attached hydrogens (tertiary/aromatic N) is 3. The molecule has 5 rings (SSSR count). The third-order valence-corrected chi connectivity index (χ3v) is 8.56. The normalized spacial score (nSPS) is 16.0. The van der Waals surface area contributed by atoms with Crippen LogP contribution in [0.3, 0.4) is 0 Å². The molecule has 0 spiro atoms. The molecule has 1 aliphatic rings. The van der Waals surface area contributed by atoms with E-state index in [1.165, 1.54) is 6.26 Å². The summed E-state index contributed by atoms with van der Waals surface area (Å²) in [5, 5.41) is 8.83. The highest BCUT2D eigenvalue weighted by Gasteiger charge is 2.26. The van der Waals surface area contributed by atoms with Crippen molar-refractivity contribution in [2.45, 2.75) is 18.9 Å². The second kappa shape index (κ2) is 8.31. The second-order valence-electron chi connectivity index (χ2n) is 7.65. The van der Waals surface area contributed by atoms with Gasteiger partial charge in [-0.2, -0.15) is 0 Å². The van der Waals surface area contributed by atoms with Gasteiger partial charge in [0.2, 0.25) is 10.0 Å². The smallest absolute Gasteiger partial charge is 0.211 e. The molecule has 0 amide bonds. The number of hydrogen-bond donors (Lipinski definition) is 1. The highest BCUT2D eigenvalue weighted by Crippen LogP contribution is 2.39. The van der Waals surface area contributed by atoms with Gasteiger partial charge in [-0.05, 0) is 29.9 Å². The third-order valence-electron chi connectivity index (χ3n) is 5.52. The van der Waals surface area contributed by atoms with Gasteiger partial charge < -0.3 is 5.32 Å². The topological polar surface area (TPSA) is 75.2 Å². The molecule has 4 aromatic rings. The van der Waals surface area contributed by atoms with E-state index in [2.05, 4.69) is 22.8 Å². The van der Waals surface area contributed by atoms with Crippen LogP contribution in [0, 0.1) is 0 Å². The zero-order chi connectivity index (χ0) is 21.4. The molecule has 1 N–H and O–H groups in total. The highest BCUT2D eigenvalue weighted by molar-refractivity contribution is 7.88. The van der Waals surface area contributed by atoms with Crippen molar-refractivity contribution in [1.29, 1.82) is 0 Å². The Morgan fingerprint density at radius 2 is 1.81 bits per heavy atom. The first-order valence-corrected chi connectivity index (χ1v) is 13.7. The van der Waals surface area contributed by atoms with Crippen molar-refractivity contribution in [3.05, 3.63) is 53.2 Å². The Morgan fingerprint density at radius 3 is 2.48 bits per heavy atom.